The summed E-state index contributed by atoms with van der Waals surface area (Å²) < 4.78 is 33.6. The van der Waals surface area contributed by atoms with Crippen LogP contribution in [0.15, 0.2) is 48.4 Å². The van der Waals surface area contributed by atoms with E-state index in [0.717, 1.165) is 16.7 Å². The van der Waals surface area contributed by atoms with Crippen LogP contribution in [0.4, 0.5) is 9.59 Å². The zero-order chi connectivity index (χ0) is 42.8. The molecule has 316 valence electrons. The van der Waals surface area contributed by atoms with Gasteiger partial charge in [0.2, 0.25) is 11.8 Å². The van der Waals surface area contributed by atoms with Crippen molar-refractivity contribution in [1.82, 2.24) is 15.5 Å². The first-order chi connectivity index (χ1) is 26.4. The van der Waals surface area contributed by atoms with E-state index >= 15 is 0 Å². The number of aromatic nitrogens is 2. The van der Waals surface area contributed by atoms with Crippen molar-refractivity contribution in [3.63, 3.8) is 0 Å². The molecule has 2 heterocycles. The Morgan fingerprint density at radius 2 is 1.75 bits per heavy atom. The normalized spacial score (nSPS) is 16.1. The summed E-state index contributed by atoms with van der Waals surface area (Å²) in [7, 11) is -2.27. The van der Waals surface area contributed by atoms with Gasteiger partial charge in [0.25, 0.3) is 0 Å². The van der Waals surface area contributed by atoms with Crippen LogP contribution in [0.5, 0.6) is 5.75 Å². The number of esters is 1. The number of fused-ring (bicyclic) bond motifs is 1. The Morgan fingerprint density at radius 3 is 2.37 bits per heavy atom. The van der Waals surface area contributed by atoms with E-state index in [2.05, 4.69) is 76.7 Å². The van der Waals surface area contributed by atoms with Crippen molar-refractivity contribution >= 4 is 26.5 Å². The van der Waals surface area contributed by atoms with Gasteiger partial charge in [-0.3, -0.25) is 0 Å². The lowest BCUT2D eigenvalue weighted by Crippen LogP contribution is -2.57. The van der Waals surface area contributed by atoms with Gasteiger partial charge in [-0.05, 0) is 108 Å². The van der Waals surface area contributed by atoms with Crippen molar-refractivity contribution in [3.05, 3.63) is 59.3 Å². The molecular weight excluding hydrogens is 751 g/mol. The van der Waals surface area contributed by atoms with E-state index in [-0.39, 0.29) is 24.3 Å². The predicted molar refractivity (Wildman–Crippen MR) is 218 cm³/mol. The van der Waals surface area contributed by atoms with E-state index in [1.807, 2.05) is 45.3 Å². The molecule has 2 N–H and O–H groups in total. The lowest BCUT2D eigenvalue weighted by molar-refractivity contribution is -0.775. The molecule has 0 saturated carbocycles. The van der Waals surface area contributed by atoms with Crippen molar-refractivity contribution in [2.45, 2.75) is 149 Å². The van der Waals surface area contributed by atoms with Gasteiger partial charge in [-0.25, -0.2) is 19.2 Å². The average Bonchev–Trinajstić information content (AvgIpc) is 3.50. The summed E-state index contributed by atoms with van der Waals surface area (Å²) in [6.07, 6.45) is 4.45. The van der Waals surface area contributed by atoms with Gasteiger partial charge in [-0.1, -0.05) is 44.6 Å². The van der Waals surface area contributed by atoms with Crippen LogP contribution in [-0.4, -0.2) is 79.9 Å². The van der Waals surface area contributed by atoms with Crippen LogP contribution >= 0.6 is 0 Å². The molecule has 3 rings (SSSR count). The Kier molecular flexibility index (Phi) is 15.8. The predicted octanol–water partition coefficient (Wildman–Crippen LogP) is 7.70. The van der Waals surface area contributed by atoms with Crippen molar-refractivity contribution in [2.24, 2.45) is 5.11 Å². The number of hydrogen-bond donors (Lipinski definition) is 2. The van der Waals surface area contributed by atoms with Gasteiger partial charge in [-0.15, -0.1) is 4.68 Å². The number of alkyl carbamates (subject to hydrolysis) is 1. The van der Waals surface area contributed by atoms with Crippen LogP contribution < -0.4 is 20.2 Å². The molecule has 57 heavy (non-hydrogen) atoms. The van der Waals surface area contributed by atoms with Gasteiger partial charge in [0, 0.05) is 24.4 Å². The van der Waals surface area contributed by atoms with Crippen molar-refractivity contribution in [3.8, 4) is 16.9 Å². The monoisotopic (exact) mass is 814 g/mol. The minimum absolute atomic E-state index is 0.0380. The maximum Gasteiger partial charge on any atom is 0.431 e. The Labute approximate surface area is 338 Å². The summed E-state index contributed by atoms with van der Waals surface area (Å²) in [4.78, 5) is 47.1. The fraction of sp³-hybridized carbons (Fsp3) is 0.650. The minimum Gasteiger partial charge on any atom is -0.486 e. The maximum absolute atomic E-state index is 13.5. The number of azide groups is 1. The molecule has 0 fully saturated rings. The van der Waals surface area contributed by atoms with E-state index in [1.165, 1.54) is 13.0 Å². The fourth-order valence-corrected chi connectivity index (χ4v) is 7.04. The highest BCUT2D eigenvalue weighted by Gasteiger charge is 2.50. The quantitative estimate of drug-likeness (QED) is 0.0154. The standard InChI is InChI=1S/C40H63N7O9Si/c1-14-22-51-36(50)44-56-40(11,34(48)53-37(2,3)4)33-19-17-29-23-28(16-18-32(29)52-33)30-25-46(21-15-20-43-45-41)47(26-30)27-31(55-57(12,13)39(8,9)10)24-42-35(49)54-38(5,6)7/h14,16,18,23,25-26,31,33H,1,15,17,19-22,24,27H2,2-13H3,(H-,42,44,49,50)/p+1/t31-,33+,40-/m0/s1. The number of nitrogens with one attached hydrogen (secondary N) is 2. The molecule has 0 spiro atoms. The Bertz CT molecular complexity index is 1770. The van der Waals surface area contributed by atoms with Crippen LogP contribution in [-0.2, 0) is 47.8 Å². The molecule has 0 aliphatic carbocycles. The van der Waals surface area contributed by atoms with E-state index < -0.39 is 49.4 Å². The molecule has 16 nitrogen and oxygen atoms in total. The SMILES string of the molecule is C=CCOC(=O)NO[C@](C)(C(=O)OC(C)(C)C)[C@H]1CCc2cc(-c3cn(C[C@H](CNC(=O)OC(C)(C)C)O[Si](C)(C)C(C)(C)C)[n+](CCCN=[N+]=[N-])c3)ccc2O1. The number of carbonyl (C=O) groups excluding carboxylic acids is 3. The zero-order valence-corrected chi connectivity index (χ0v) is 36.9. The maximum atomic E-state index is 13.5. The highest BCUT2D eigenvalue weighted by atomic mass is 28.4. The topological polar surface area (TPSA) is 188 Å². The van der Waals surface area contributed by atoms with Gasteiger partial charge in [0.15, 0.2) is 14.9 Å². The molecule has 1 aliphatic heterocycles. The van der Waals surface area contributed by atoms with Gasteiger partial charge in [0.05, 0.1) is 17.9 Å². The minimum atomic E-state index is -2.27. The average molecular weight is 815 g/mol. The van der Waals surface area contributed by atoms with Gasteiger partial charge < -0.3 is 28.7 Å². The second-order valence-electron chi connectivity index (χ2n) is 17.9. The highest BCUT2D eigenvalue weighted by molar-refractivity contribution is 6.74. The van der Waals surface area contributed by atoms with E-state index in [0.29, 0.717) is 44.6 Å². The first-order valence-corrected chi connectivity index (χ1v) is 22.3. The third-order valence-corrected chi connectivity index (χ3v) is 14.1. The number of ether oxygens (including phenoxy) is 4. The smallest absolute Gasteiger partial charge is 0.431 e. The molecule has 2 aromatic rings. The van der Waals surface area contributed by atoms with E-state index in [1.54, 1.807) is 20.8 Å². The number of nitrogens with zero attached hydrogens (tertiary/aromatic N) is 5. The number of carbonyl (C=O) groups is 3. The van der Waals surface area contributed by atoms with Crippen molar-refractivity contribution in [1.29, 1.82) is 0 Å². The second kappa shape index (κ2) is 19.2. The Morgan fingerprint density at radius 1 is 1.07 bits per heavy atom. The molecule has 3 atom stereocenters. The Hall–Kier alpha value is -4.57. The van der Waals surface area contributed by atoms with Gasteiger partial charge >= 0.3 is 18.2 Å². The summed E-state index contributed by atoms with van der Waals surface area (Å²) in [5.41, 5.74) is 10.7. The van der Waals surface area contributed by atoms with Crippen molar-refractivity contribution in [2.75, 3.05) is 19.7 Å². The third-order valence-electron chi connectivity index (χ3n) is 9.58. The summed E-state index contributed by atoms with van der Waals surface area (Å²) in [6, 6.07) is 5.85. The lowest BCUT2D eigenvalue weighted by Gasteiger charge is -2.39. The number of benzene rings is 1. The molecule has 0 unspecified atom stereocenters. The molecule has 17 heteroatoms. The second-order valence-corrected chi connectivity index (χ2v) is 22.6. The number of amides is 2. The van der Waals surface area contributed by atoms with Crippen LogP contribution in [0.25, 0.3) is 21.6 Å². The molecule has 2 amide bonds. The third kappa shape index (κ3) is 14.1. The fourth-order valence-electron chi connectivity index (χ4n) is 5.69. The molecule has 0 radical (unpaired) electrons. The molecule has 1 aliphatic rings. The summed E-state index contributed by atoms with van der Waals surface area (Å²) in [5, 5.41) is 6.57. The zero-order valence-electron chi connectivity index (χ0n) is 35.9. The van der Waals surface area contributed by atoms with Crippen LogP contribution in [0, 0.1) is 0 Å². The number of hydroxylamine groups is 1. The molecule has 0 saturated heterocycles. The van der Waals surface area contributed by atoms with Crippen LogP contribution in [0.2, 0.25) is 18.1 Å². The van der Waals surface area contributed by atoms with Crippen LogP contribution in [0.1, 0.15) is 87.6 Å². The van der Waals surface area contributed by atoms with Gasteiger partial charge in [-0.2, -0.15) is 10.2 Å². The largest absolute Gasteiger partial charge is 0.486 e. The Balaban J connectivity index is 1.95. The first kappa shape index (κ1) is 46.8. The van der Waals surface area contributed by atoms with E-state index in [9.17, 15) is 14.4 Å². The highest BCUT2D eigenvalue weighted by Crippen LogP contribution is 2.38. The summed E-state index contributed by atoms with van der Waals surface area (Å²) >= 11 is 0. The first-order valence-electron chi connectivity index (χ1n) is 19.4. The molecular formula is C40H64N7O9Si+. The number of aryl methyl sites for hydroxylation is 2. The molecule has 1 aromatic heterocycles. The van der Waals surface area contributed by atoms with Crippen LogP contribution in [0.3, 0.4) is 0 Å². The molecule has 0 bridgehead atoms. The van der Waals surface area contributed by atoms with Gasteiger partial charge in [0.1, 0.15) is 36.2 Å². The summed E-state index contributed by atoms with van der Waals surface area (Å²) in [5.74, 6) is -0.132. The summed E-state index contributed by atoms with van der Waals surface area (Å²) in [6.45, 7) is 28.2. The number of hydrogen-bond acceptors (Lipinski definition) is 10. The lowest BCUT2D eigenvalue weighted by atomic mass is 9.89. The van der Waals surface area contributed by atoms with Crippen molar-refractivity contribution < 1.29 is 47.3 Å². The molecule has 1 aromatic carbocycles. The number of rotatable bonds is 17. The van der Waals surface area contributed by atoms with E-state index in [4.69, 9.17) is 33.7 Å².